The highest BCUT2D eigenvalue weighted by molar-refractivity contribution is 5.91. The van der Waals surface area contributed by atoms with E-state index in [1.165, 1.54) is 24.5 Å². The van der Waals surface area contributed by atoms with Gasteiger partial charge in [-0.1, -0.05) is 30.3 Å². The minimum atomic E-state index is -0.648. The van der Waals surface area contributed by atoms with Gasteiger partial charge in [0.15, 0.2) is 19.0 Å². The van der Waals surface area contributed by atoms with Crippen LogP contribution in [0.4, 0.5) is 0 Å². The van der Waals surface area contributed by atoms with Crippen molar-refractivity contribution in [2.24, 2.45) is 0 Å². The Hall–Kier alpha value is -2.89. The molecule has 2 rings (SSSR count). The number of aromatic nitrogens is 1. The van der Waals surface area contributed by atoms with Crippen molar-refractivity contribution in [3.05, 3.63) is 71.2 Å². The summed E-state index contributed by atoms with van der Waals surface area (Å²) in [6, 6.07) is 12.1. The zero-order valence-corrected chi connectivity index (χ0v) is 11.2. The lowest BCUT2D eigenvalue weighted by atomic mass is 10.2. The van der Waals surface area contributed by atoms with Gasteiger partial charge < -0.3 is 15.3 Å². The van der Waals surface area contributed by atoms with Gasteiger partial charge in [-0.2, -0.15) is 4.73 Å². The molecule has 21 heavy (non-hydrogen) atoms. The quantitative estimate of drug-likeness (QED) is 0.500. The van der Waals surface area contributed by atoms with Crippen LogP contribution in [0, 0.1) is 5.21 Å². The van der Waals surface area contributed by atoms with E-state index in [0.29, 0.717) is 11.3 Å². The van der Waals surface area contributed by atoms with Crippen LogP contribution in [0.15, 0.2) is 54.9 Å². The van der Waals surface area contributed by atoms with Crippen molar-refractivity contribution in [2.45, 2.75) is 6.54 Å². The van der Waals surface area contributed by atoms with Crippen molar-refractivity contribution in [3.63, 3.8) is 0 Å². The summed E-state index contributed by atoms with van der Waals surface area (Å²) in [5.41, 5.74) is 1.18. The third kappa shape index (κ3) is 4.61. The molecule has 0 saturated heterocycles. The maximum Gasteiger partial charge on any atom is 0.339 e. The summed E-state index contributed by atoms with van der Waals surface area (Å²) < 4.78 is 5.41. The lowest BCUT2D eigenvalue weighted by Gasteiger charge is -2.06. The second-order valence-electron chi connectivity index (χ2n) is 4.29. The first-order valence-corrected chi connectivity index (χ1v) is 6.32. The molecule has 1 N–H and O–H groups in total. The van der Waals surface area contributed by atoms with Crippen LogP contribution in [-0.2, 0) is 16.1 Å². The molecule has 108 valence electrons. The largest absolute Gasteiger partial charge is 0.619 e. The summed E-state index contributed by atoms with van der Waals surface area (Å²) >= 11 is 0. The summed E-state index contributed by atoms with van der Waals surface area (Å²) in [7, 11) is 0. The zero-order valence-electron chi connectivity index (χ0n) is 11.2. The molecule has 1 aromatic carbocycles. The molecule has 0 fully saturated rings. The van der Waals surface area contributed by atoms with E-state index in [1.807, 2.05) is 30.3 Å². The second kappa shape index (κ2) is 7.04. The number of hydrogen-bond donors (Lipinski definition) is 1. The standard InChI is InChI=1S/C15H14N2O4/c18-14(16-10-12-4-2-1-3-5-12)11-21-15(19)13-6-8-17(20)9-7-13/h1-9H,10-11H2,(H,16,18). The molecule has 2 aromatic rings. The summed E-state index contributed by atoms with van der Waals surface area (Å²) in [4.78, 5) is 23.2. The van der Waals surface area contributed by atoms with E-state index < -0.39 is 5.97 Å². The SMILES string of the molecule is O=C(COC(=O)c1cc[n+]([O-])cc1)NCc1ccccc1. The molecule has 1 heterocycles. The molecule has 1 aromatic heterocycles. The van der Waals surface area contributed by atoms with E-state index in [4.69, 9.17) is 4.74 Å². The fourth-order valence-corrected chi connectivity index (χ4v) is 1.61. The molecule has 0 aliphatic heterocycles. The number of hydrogen-bond acceptors (Lipinski definition) is 4. The molecule has 6 nitrogen and oxygen atoms in total. The lowest BCUT2D eigenvalue weighted by molar-refractivity contribution is -0.605. The summed E-state index contributed by atoms with van der Waals surface area (Å²) in [5.74, 6) is -1.03. The molecule has 0 aliphatic rings. The van der Waals surface area contributed by atoms with Gasteiger partial charge in [-0.05, 0) is 5.56 Å². The number of esters is 1. The van der Waals surface area contributed by atoms with Crippen molar-refractivity contribution in [2.75, 3.05) is 6.61 Å². The summed E-state index contributed by atoms with van der Waals surface area (Å²) in [5, 5.41) is 13.5. The molecular formula is C15H14N2O4. The Bertz CT molecular complexity index is 611. The number of carbonyl (C=O) groups excluding carboxylic acids is 2. The van der Waals surface area contributed by atoms with Gasteiger partial charge in [0.05, 0.1) is 5.56 Å². The Kier molecular flexibility index (Phi) is 4.87. The Morgan fingerprint density at radius 1 is 1.10 bits per heavy atom. The highest BCUT2D eigenvalue weighted by Crippen LogP contribution is 1.99. The van der Waals surface area contributed by atoms with Gasteiger partial charge in [-0.15, -0.1) is 0 Å². The molecule has 0 spiro atoms. The van der Waals surface area contributed by atoms with E-state index in [-0.39, 0.29) is 18.1 Å². The summed E-state index contributed by atoms with van der Waals surface area (Å²) in [6.07, 6.45) is 2.37. The van der Waals surface area contributed by atoms with Gasteiger partial charge in [0.25, 0.3) is 5.91 Å². The van der Waals surface area contributed by atoms with Crippen molar-refractivity contribution in [1.29, 1.82) is 0 Å². The Morgan fingerprint density at radius 2 is 1.76 bits per heavy atom. The van der Waals surface area contributed by atoms with Gasteiger partial charge in [0.1, 0.15) is 0 Å². The van der Waals surface area contributed by atoms with Crippen molar-refractivity contribution in [3.8, 4) is 0 Å². The maximum atomic E-state index is 11.6. The van der Waals surface area contributed by atoms with Crippen molar-refractivity contribution in [1.82, 2.24) is 5.32 Å². The average Bonchev–Trinajstić information content (AvgIpc) is 2.52. The second-order valence-corrected chi connectivity index (χ2v) is 4.29. The molecule has 0 bridgehead atoms. The fraction of sp³-hybridized carbons (Fsp3) is 0.133. The third-order valence-electron chi connectivity index (χ3n) is 2.70. The minimum absolute atomic E-state index is 0.220. The van der Waals surface area contributed by atoms with Gasteiger partial charge in [0.2, 0.25) is 0 Å². The van der Waals surface area contributed by atoms with Crippen LogP contribution in [0.5, 0.6) is 0 Å². The molecule has 0 unspecified atom stereocenters. The van der Waals surface area contributed by atoms with Crippen LogP contribution in [0.2, 0.25) is 0 Å². The van der Waals surface area contributed by atoms with Crippen LogP contribution in [0.1, 0.15) is 15.9 Å². The molecule has 0 radical (unpaired) electrons. The maximum absolute atomic E-state index is 11.6. The molecule has 0 saturated carbocycles. The van der Waals surface area contributed by atoms with Crippen LogP contribution in [0.25, 0.3) is 0 Å². The first kappa shape index (κ1) is 14.5. The number of pyridine rings is 1. The van der Waals surface area contributed by atoms with E-state index in [9.17, 15) is 14.8 Å². The highest BCUT2D eigenvalue weighted by atomic mass is 16.5. The minimum Gasteiger partial charge on any atom is -0.619 e. The van der Waals surface area contributed by atoms with Gasteiger partial charge in [-0.3, -0.25) is 4.79 Å². The normalized spacial score (nSPS) is 9.90. The predicted molar refractivity (Wildman–Crippen MR) is 74.0 cm³/mol. The van der Waals surface area contributed by atoms with Crippen LogP contribution in [0.3, 0.4) is 0 Å². The van der Waals surface area contributed by atoms with Gasteiger partial charge >= 0.3 is 5.97 Å². The van der Waals surface area contributed by atoms with E-state index in [2.05, 4.69) is 5.32 Å². The van der Waals surface area contributed by atoms with Crippen molar-refractivity contribution >= 4 is 11.9 Å². The average molecular weight is 286 g/mol. The highest BCUT2D eigenvalue weighted by Gasteiger charge is 2.10. The van der Waals surface area contributed by atoms with E-state index >= 15 is 0 Å². The molecule has 0 aliphatic carbocycles. The Labute approximate surface area is 121 Å². The molecule has 0 atom stereocenters. The number of amides is 1. The lowest BCUT2D eigenvalue weighted by Crippen LogP contribution is -2.29. The van der Waals surface area contributed by atoms with Crippen LogP contribution in [-0.4, -0.2) is 18.5 Å². The molecule has 1 amide bonds. The first-order chi connectivity index (χ1) is 10.1. The van der Waals surface area contributed by atoms with Gasteiger partial charge in [-0.25, -0.2) is 4.79 Å². The number of rotatable bonds is 5. The summed E-state index contributed by atoms with van der Waals surface area (Å²) in [6.45, 7) is 0.0106. The number of ether oxygens (including phenoxy) is 1. The smallest absolute Gasteiger partial charge is 0.339 e. The zero-order chi connectivity index (χ0) is 15.1. The topological polar surface area (TPSA) is 82.3 Å². The van der Waals surface area contributed by atoms with Gasteiger partial charge in [0, 0.05) is 18.7 Å². The molecule has 6 heteroatoms. The van der Waals surface area contributed by atoms with E-state index in [0.717, 1.165) is 5.56 Å². The fourth-order valence-electron chi connectivity index (χ4n) is 1.61. The monoisotopic (exact) mass is 286 g/mol. The number of nitrogens with one attached hydrogen (secondary N) is 1. The van der Waals surface area contributed by atoms with Crippen LogP contribution < -0.4 is 10.0 Å². The van der Waals surface area contributed by atoms with Crippen LogP contribution >= 0.6 is 0 Å². The number of carbonyl (C=O) groups is 2. The predicted octanol–water partition coefficient (Wildman–Crippen LogP) is 0.793. The third-order valence-corrected chi connectivity index (χ3v) is 2.70. The Morgan fingerprint density at radius 3 is 2.43 bits per heavy atom. The number of benzene rings is 1. The van der Waals surface area contributed by atoms with E-state index in [1.54, 1.807) is 0 Å². The molecular weight excluding hydrogens is 272 g/mol. The Balaban J connectivity index is 1.76. The van der Waals surface area contributed by atoms with Crippen molar-refractivity contribution < 1.29 is 19.1 Å². The first-order valence-electron chi connectivity index (χ1n) is 6.32. The number of nitrogens with zero attached hydrogens (tertiary/aromatic N) is 1.